The minimum atomic E-state index is -0.265. The van der Waals surface area contributed by atoms with Crippen molar-refractivity contribution >= 4 is 5.91 Å². The maximum absolute atomic E-state index is 13.8. The number of rotatable bonds is 5. The maximum atomic E-state index is 13.8. The summed E-state index contributed by atoms with van der Waals surface area (Å²) < 4.78 is 24.5. The third kappa shape index (κ3) is 3.44. The number of ether oxygens (including phenoxy) is 2. The third-order valence-electron chi connectivity index (χ3n) is 5.88. The Kier molecular flexibility index (Phi) is 5.22. The van der Waals surface area contributed by atoms with E-state index in [1.165, 1.54) is 6.07 Å². The largest absolute Gasteiger partial charge is 0.493 e. The fourth-order valence-electron chi connectivity index (χ4n) is 4.56. The van der Waals surface area contributed by atoms with E-state index >= 15 is 0 Å². The van der Waals surface area contributed by atoms with Gasteiger partial charge in [0, 0.05) is 25.6 Å². The molecular weight excluding hydrogens is 359 g/mol. The first-order chi connectivity index (χ1) is 13.6. The number of fused-ring (bicyclic) bond motifs is 1. The molecule has 0 bridgehead atoms. The summed E-state index contributed by atoms with van der Waals surface area (Å²) in [4.78, 5) is 15.1. The molecule has 28 heavy (non-hydrogen) atoms. The molecule has 0 aromatic heterocycles. The molecular formula is C22H25FN2O3. The van der Waals surface area contributed by atoms with E-state index in [2.05, 4.69) is 5.32 Å². The van der Waals surface area contributed by atoms with Gasteiger partial charge >= 0.3 is 0 Å². The van der Waals surface area contributed by atoms with Crippen LogP contribution in [0.3, 0.4) is 0 Å². The first-order valence-corrected chi connectivity index (χ1v) is 9.57. The van der Waals surface area contributed by atoms with Gasteiger partial charge in [0.2, 0.25) is 5.91 Å². The summed E-state index contributed by atoms with van der Waals surface area (Å²) in [6, 6.07) is 12.1. The molecule has 3 atom stereocenters. The lowest BCUT2D eigenvalue weighted by molar-refractivity contribution is -0.131. The number of hydrogen-bond acceptors (Lipinski definition) is 4. The Morgan fingerprint density at radius 2 is 1.96 bits per heavy atom. The average molecular weight is 384 g/mol. The van der Waals surface area contributed by atoms with Crippen molar-refractivity contribution < 1.29 is 18.7 Å². The number of carbonyl (C=O) groups excluding carboxylic acids is 1. The van der Waals surface area contributed by atoms with E-state index in [0.717, 1.165) is 24.2 Å². The van der Waals surface area contributed by atoms with Gasteiger partial charge in [0.15, 0.2) is 11.5 Å². The predicted molar refractivity (Wildman–Crippen MR) is 104 cm³/mol. The second kappa shape index (κ2) is 7.80. The van der Waals surface area contributed by atoms with Crippen molar-refractivity contribution in [3.8, 4) is 11.5 Å². The zero-order chi connectivity index (χ0) is 19.7. The van der Waals surface area contributed by atoms with Crippen LogP contribution in [0.4, 0.5) is 4.39 Å². The minimum Gasteiger partial charge on any atom is -0.493 e. The lowest BCUT2D eigenvalue weighted by Crippen LogP contribution is -2.35. The molecule has 2 aromatic carbocycles. The summed E-state index contributed by atoms with van der Waals surface area (Å²) in [7, 11) is 3.17. The SMILES string of the molecule is COc1ccc(CC(=O)N2C[C@@H]3CNC[C@@H]3[C@H]2c2cccc(F)c2)cc1OC. The van der Waals surface area contributed by atoms with Gasteiger partial charge < -0.3 is 19.7 Å². The molecule has 4 rings (SSSR count). The van der Waals surface area contributed by atoms with Gasteiger partial charge in [0.1, 0.15) is 5.82 Å². The zero-order valence-electron chi connectivity index (χ0n) is 16.2. The smallest absolute Gasteiger partial charge is 0.227 e. The van der Waals surface area contributed by atoms with Gasteiger partial charge in [-0.25, -0.2) is 4.39 Å². The number of carbonyl (C=O) groups is 1. The molecule has 5 nitrogen and oxygen atoms in total. The number of amides is 1. The monoisotopic (exact) mass is 384 g/mol. The van der Waals surface area contributed by atoms with Crippen molar-refractivity contribution in [1.29, 1.82) is 0 Å². The molecule has 1 N–H and O–H groups in total. The zero-order valence-corrected chi connectivity index (χ0v) is 16.2. The molecule has 0 unspecified atom stereocenters. The maximum Gasteiger partial charge on any atom is 0.227 e. The molecule has 0 aliphatic carbocycles. The molecule has 2 aliphatic rings. The number of halogens is 1. The van der Waals surface area contributed by atoms with Crippen LogP contribution in [-0.2, 0) is 11.2 Å². The molecule has 0 saturated carbocycles. The van der Waals surface area contributed by atoms with Crippen molar-refractivity contribution in [2.45, 2.75) is 12.5 Å². The van der Waals surface area contributed by atoms with Crippen LogP contribution in [0.1, 0.15) is 17.2 Å². The topological polar surface area (TPSA) is 50.8 Å². The lowest BCUT2D eigenvalue weighted by Gasteiger charge is -2.28. The van der Waals surface area contributed by atoms with Gasteiger partial charge in [0.25, 0.3) is 0 Å². The quantitative estimate of drug-likeness (QED) is 0.861. The van der Waals surface area contributed by atoms with Gasteiger partial charge in [-0.1, -0.05) is 18.2 Å². The number of nitrogens with one attached hydrogen (secondary N) is 1. The van der Waals surface area contributed by atoms with Gasteiger partial charge in [-0.3, -0.25) is 4.79 Å². The Labute approximate surface area is 164 Å². The van der Waals surface area contributed by atoms with Crippen LogP contribution >= 0.6 is 0 Å². The molecule has 2 aliphatic heterocycles. The summed E-state index contributed by atoms with van der Waals surface area (Å²) in [5.74, 6) is 1.75. The minimum absolute atomic E-state index is 0.0517. The molecule has 2 saturated heterocycles. The van der Waals surface area contributed by atoms with E-state index in [1.54, 1.807) is 26.4 Å². The van der Waals surface area contributed by atoms with E-state index in [-0.39, 0.29) is 24.2 Å². The third-order valence-corrected chi connectivity index (χ3v) is 5.88. The van der Waals surface area contributed by atoms with Crippen molar-refractivity contribution in [3.05, 3.63) is 59.4 Å². The fraction of sp³-hybridized carbons (Fsp3) is 0.409. The first kappa shape index (κ1) is 18.7. The van der Waals surface area contributed by atoms with Crippen molar-refractivity contribution in [2.75, 3.05) is 33.9 Å². The van der Waals surface area contributed by atoms with E-state index in [1.807, 2.05) is 29.2 Å². The van der Waals surface area contributed by atoms with E-state index in [9.17, 15) is 9.18 Å². The average Bonchev–Trinajstić information content (AvgIpc) is 3.29. The highest BCUT2D eigenvalue weighted by Gasteiger charge is 2.46. The predicted octanol–water partition coefficient (Wildman–Crippen LogP) is 2.80. The molecule has 0 radical (unpaired) electrons. The Bertz CT molecular complexity index is 873. The lowest BCUT2D eigenvalue weighted by atomic mass is 9.89. The van der Waals surface area contributed by atoms with Crippen molar-refractivity contribution in [1.82, 2.24) is 10.2 Å². The fourth-order valence-corrected chi connectivity index (χ4v) is 4.56. The van der Waals surface area contributed by atoms with Crippen LogP contribution in [0.2, 0.25) is 0 Å². The molecule has 0 spiro atoms. The highest BCUT2D eigenvalue weighted by molar-refractivity contribution is 5.80. The molecule has 6 heteroatoms. The van der Waals surface area contributed by atoms with E-state index in [0.29, 0.717) is 29.9 Å². The second-order valence-electron chi connectivity index (χ2n) is 7.49. The van der Waals surface area contributed by atoms with Crippen molar-refractivity contribution in [3.63, 3.8) is 0 Å². The molecule has 2 aromatic rings. The standard InChI is InChI=1S/C22H25FN2O3/c1-27-19-7-6-14(8-20(19)28-2)9-21(26)25-13-16-11-24-12-18(16)22(25)15-4-3-5-17(23)10-15/h3-8,10,16,18,22,24H,9,11-13H2,1-2H3/t16-,18-,22+/m0/s1. The van der Waals surface area contributed by atoms with Gasteiger partial charge in [-0.05, 0) is 41.3 Å². The summed E-state index contributed by atoms with van der Waals surface area (Å²) in [6.07, 6.45) is 0.277. The van der Waals surface area contributed by atoms with E-state index in [4.69, 9.17) is 9.47 Å². The van der Waals surface area contributed by atoms with Gasteiger partial charge in [0.05, 0.1) is 26.7 Å². The van der Waals surface area contributed by atoms with Crippen LogP contribution in [0.15, 0.2) is 42.5 Å². The van der Waals surface area contributed by atoms with Crippen LogP contribution in [-0.4, -0.2) is 44.7 Å². The summed E-state index contributed by atoms with van der Waals surface area (Å²) in [6.45, 7) is 2.45. The highest BCUT2D eigenvalue weighted by Crippen LogP contribution is 2.43. The number of hydrogen-bond donors (Lipinski definition) is 1. The van der Waals surface area contributed by atoms with E-state index < -0.39 is 0 Å². The molecule has 2 fully saturated rings. The second-order valence-corrected chi connectivity index (χ2v) is 7.49. The summed E-state index contributed by atoms with van der Waals surface area (Å²) >= 11 is 0. The van der Waals surface area contributed by atoms with Crippen LogP contribution in [0, 0.1) is 17.7 Å². The summed E-state index contributed by atoms with van der Waals surface area (Å²) in [5, 5.41) is 3.41. The molecule has 1 amide bonds. The van der Waals surface area contributed by atoms with Gasteiger partial charge in [-0.2, -0.15) is 0 Å². The summed E-state index contributed by atoms with van der Waals surface area (Å²) in [5.41, 5.74) is 1.74. The number of benzene rings is 2. The Balaban J connectivity index is 1.59. The first-order valence-electron chi connectivity index (χ1n) is 9.57. The molecule has 2 heterocycles. The van der Waals surface area contributed by atoms with Crippen LogP contribution in [0.5, 0.6) is 11.5 Å². The van der Waals surface area contributed by atoms with Gasteiger partial charge in [-0.15, -0.1) is 0 Å². The van der Waals surface area contributed by atoms with Crippen molar-refractivity contribution in [2.24, 2.45) is 11.8 Å². The molecule has 148 valence electrons. The Morgan fingerprint density at radius 1 is 1.14 bits per heavy atom. The number of likely N-dealkylation sites (tertiary alicyclic amines) is 1. The Morgan fingerprint density at radius 3 is 2.71 bits per heavy atom. The highest BCUT2D eigenvalue weighted by atomic mass is 19.1. The number of methoxy groups -OCH3 is 2. The normalized spacial score (nSPS) is 23.5. The Hall–Kier alpha value is -2.60. The van der Waals surface area contributed by atoms with Crippen LogP contribution < -0.4 is 14.8 Å². The van der Waals surface area contributed by atoms with Crippen LogP contribution in [0.25, 0.3) is 0 Å². The number of nitrogens with zero attached hydrogens (tertiary/aromatic N) is 1.